The van der Waals surface area contributed by atoms with E-state index in [0.29, 0.717) is 27.1 Å². The monoisotopic (exact) mass is 1740 g/mol. The fourth-order valence-electron chi connectivity index (χ4n) is 16.5. The third kappa shape index (κ3) is 14.3. The molecule has 20 heteroatoms. The van der Waals surface area contributed by atoms with Crippen LogP contribution < -0.4 is 0 Å². The van der Waals surface area contributed by atoms with Crippen LogP contribution in [-0.4, -0.2) is 49.8 Å². The fraction of sp³-hybridized carbons (Fsp3) is 0.0291. The molecule has 12 nitrogen and oxygen atoms in total. The normalized spacial score (nSPS) is 12.1. The van der Waals surface area contributed by atoms with Gasteiger partial charge in [0.25, 0.3) is 0 Å². The van der Waals surface area contributed by atoms with Gasteiger partial charge in [-0.2, -0.15) is 0 Å². The maximum atomic E-state index is 6.54. The van der Waals surface area contributed by atoms with Gasteiger partial charge in [0.05, 0.1) is 64.5 Å². The molecule has 1 aliphatic rings. The zero-order valence-corrected chi connectivity index (χ0v) is 71.4. The van der Waals surface area contributed by atoms with Crippen molar-refractivity contribution in [2.24, 2.45) is 0 Å². The number of aromatic nitrogens is 10. The minimum atomic E-state index is -0.137. The largest absolute Gasteiger partial charge is 0.456 e. The van der Waals surface area contributed by atoms with Crippen LogP contribution in [0.2, 0.25) is 26.3 Å². The summed E-state index contributed by atoms with van der Waals surface area (Å²) >= 11 is 36.5. The minimum absolute atomic E-state index is 0.137. The summed E-state index contributed by atoms with van der Waals surface area (Å²) in [4.78, 5) is 45.5. The first-order chi connectivity index (χ1) is 60.3. The van der Waals surface area contributed by atoms with E-state index in [1.54, 1.807) is 34.0 Å². The molecule has 24 aromatic rings. The van der Waals surface area contributed by atoms with Crippen molar-refractivity contribution in [2.45, 2.75) is 19.3 Å². The van der Waals surface area contributed by atoms with E-state index >= 15 is 0 Å². The Morgan fingerprint density at radius 1 is 0.268 bits per heavy atom. The van der Waals surface area contributed by atoms with E-state index in [4.69, 9.17) is 71.8 Å². The lowest BCUT2D eigenvalue weighted by Gasteiger charge is -2.23. The van der Waals surface area contributed by atoms with Gasteiger partial charge in [-0.05, 0) is 139 Å². The Balaban J connectivity index is 0.0000000950. The topological polar surface area (TPSA) is 155 Å². The molecule has 0 amide bonds. The Kier molecular flexibility index (Phi) is 20.2. The van der Waals surface area contributed by atoms with Crippen LogP contribution in [0, 0.1) is 0 Å². The third-order valence-corrected chi connectivity index (χ3v) is 26.6. The van der Waals surface area contributed by atoms with E-state index in [-0.39, 0.29) is 16.0 Å². The number of rotatable bonds is 6. The van der Waals surface area contributed by atoms with Crippen molar-refractivity contribution in [3.8, 4) is 78.8 Å². The Hall–Kier alpha value is -13.3. The zero-order chi connectivity index (χ0) is 83.0. The van der Waals surface area contributed by atoms with Crippen molar-refractivity contribution in [3.05, 3.63) is 371 Å². The summed E-state index contributed by atoms with van der Waals surface area (Å²) in [5.74, 6) is 0.602. The van der Waals surface area contributed by atoms with E-state index in [1.807, 2.05) is 188 Å². The van der Waals surface area contributed by atoms with Crippen molar-refractivity contribution in [2.75, 3.05) is 0 Å². The van der Waals surface area contributed by atoms with Crippen LogP contribution in [0.3, 0.4) is 0 Å². The highest BCUT2D eigenvalue weighted by Crippen LogP contribution is 2.52. The highest BCUT2D eigenvalue weighted by Gasteiger charge is 2.40. The first kappa shape index (κ1) is 77.1. The number of halogens is 5. The molecule has 10 aromatic heterocycles. The van der Waals surface area contributed by atoms with E-state index in [0.717, 1.165) is 180 Å². The summed E-state index contributed by atoms with van der Waals surface area (Å²) < 4.78 is 18.7. The second-order valence-electron chi connectivity index (χ2n) is 29.9. The molecule has 0 radical (unpaired) electrons. The van der Waals surface area contributed by atoms with Crippen LogP contribution in [0.4, 0.5) is 0 Å². The summed E-state index contributed by atoms with van der Waals surface area (Å²) in [6, 6.07) is 113. The smallest absolute Gasteiger partial charge is 0.223 e. The maximum Gasteiger partial charge on any atom is 0.223 e. The molecule has 0 N–H and O–H groups in total. The molecule has 0 aliphatic heterocycles. The summed E-state index contributed by atoms with van der Waals surface area (Å²) in [6.07, 6.45) is 0. The van der Waals surface area contributed by atoms with Crippen LogP contribution in [0.1, 0.15) is 25.0 Å². The maximum absolute atomic E-state index is 6.54. The molecular formula is C103H61Cl5N10O2S3. The molecule has 0 saturated heterocycles. The molecule has 0 bridgehead atoms. The second-order valence-corrected chi connectivity index (χ2v) is 34.7. The summed E-state index contributed by atoms with van der Waals surface area (Å²) in [6.45, 7) is 4.45. The lowest BCUT2D eigenvalue weighted by molar-refractivity contribution is 0.657. The van der Waals surface area contributed by atoms with Crippen molar-refractivity contribution in [1.82, 2.24) is 49.8 Å². The first-order valence-corrected chi connectivity index (χ1v) is 43.8. The summed E-state index contributed by atoms with van der Waals surface area (Å²) in [5.41, 5.74) is 22.0. The Morgan fingerprint density at radius 3 is 1.29 bits per heavy atom. The number of furan rings is 2. The number of fused-ring (bicyclic) bond motifs is 21. The predicted molar refractivity (Wildman–Crippen MR) is 514 cm³/mol. The van der Waals surface area contributed by atoms with Gasteiger partial charge in [0.1, 0.15) is 22.3 Å². The highest BCUT2D eigenvalue weighted by molar-refractivity contribution is 7.27. The number of hydrogen-bond donors (Lipinski definition) is 0. The molecule has 0 unspecified atom stereocenters. The standard InChI is InChI=1S/C24H13ClN2O.C22H11ClN2OS.C22H13ClN2S.C19H15ClN2.C16H9ClN2S/c25-23-22-21(20-17-10-4-2-7-15(17)12-13-19(20)28-22)26-24(27-23)18-11-5-8-14-6-1-3-9-16(14)18;23-22-24-19(21-20(25-22)14-6-2-4-8-18(14)27-21)12-9-10-17-15(11-12)13-5-1-3-7-16(13)26-17;23-22-24-19(21-20(25-22)17-11-4-5-12-18(17)26-21)16-10-6-9-15(13-16)14-7-2-1-3-8-14;1-19(2)14-11-7-6-10-13(14)17-15(19)16(21-18(20)22-17)12-8-4-3-5-9-12;17-16-18-13(10-6-2-1-3-7-10)15-14(19-16)11-8-4-5-9-12(11)20-15/h1-13H;1-11H;1-13H;3-11H,1-2H3;1-9H. The van der Waals surface area contributed by atoms with Gasteiger partial charge in [0.2, 0.25) is 21.1 Å². The van der Waals surface area contributed by atoms with Crippen molar-refractivity contribution >= 4 is 218 Å². The van der Waals surface area contributed by atoms with Gasteiger partial charge >= 0.3 is 0 Å². The number of para-hydroxylation sites is 1. The van der Waals surface area contributed by atoms with Gasteiger partial charge in [0.15, 0.2) is 16.6 Å². The first-order valence-electron chi connectivity index (χ1n) is 39.4. The van der Waals surface area contributed by atoms with Gasteiger partial charge in [0, 0.05) is 85.4 Å². The lowest BCUT2D eigenvalue weighted by atomic mass is 9.81. The van der Waals surface area contributed by atoms with Crippen molar-refractivity contribution in [3.63, 3.8) is 0 Å². The van der Waals surface area contributed by atoms with Crippen LogP contribution in [-0.2, 0) is 5.41 Å². The van der Waals surface area contributed by atoms with E-state index in [9.17, 15) is 0 Å². The van der Waals surface area contributed by atoms with Crippen molar-refractivity contribution in [1.29, 1.82) is 0 Å². The predicted octanol–water partition coefficient (Wildman–Crippen LogP) is 31.2. The van der Waals surface area contributed by atoms with Gasteiger partial charge in [-0.3, -0.25) is 0 Å². The van der Waals surface area contributed by atoms with Crippen LogP contribution in [0.15, 0.2) is 342 Å². The average Bonchev–Trinajstić information content (AvgIpc) is 1.53. The number of benzene rings is 14. The van der Waals surface area contributed by atoms with Gasteiger partial charge in [-0.25, -0.2) is 49.8 Å². The van der Waals surface area contributed by atoms with Gasteiger partial charge in [-0.15, -0.1) is 34.0 Å². The Morgan fingerprint density at radius 2 is 0.683 bits per heavy atom. The molecule has 14 aromatic carbocycles. The van der Waals surface area contributed by atoms with E-state index in [1.165, 1.54) is 25.2 Å². The molecule has 0 fully saturated rings. The molecule has 0 atom stereocenters. The molecular weight excluding hydrogens is 1680 g/mol. The van der Waals surface area contributed by atoms with E-state index in [2.05, 4.69) is 204 Å². The molecule has 123 heavy (non-hydrogen) atoms. The van der Waals surface area contributed by atoms with E-state index < -0.39 is 0 Å². The molecule has 10 heterocycles. The molecule has 1 aliphatic carbocycles. The molecule has 25 rings (SSSR count). The van der Waals surface area contributed by atoms with Crippen LogP contribution in [0.25, 0.3) is 205 Å². The Labute approximate surface area is 740 Å². The lowest BCUT2D eigenvalue weighted by Crippen LogP contribution is -2.17. The quantitative estimate of drug-likeness (QED) is 0.115. The summed E-state index contributed by atoms with van der Waals surface area (Å²) in [7, 11) is 0. The number of hydrogen-bond acceptors (Lipinski definition) is 15. The molecule has 0 saturated carbocycles. The van der Waals surface area contributed by atoms with Crippen LogP contribution >= 0.6 is 92.0 Å². The summed E-state index contributed by atoms with van der Waals surface area (Å²) in [5, 5.41) is 12.4. The van der Waals surface area contributed by atoms with Crippen molar-refractivity contribution < 1.29 is 8.83 Å². The SMILES string of the molecule is CC1(C)c2ccccc2-c2nc(Cl)nc(-c3ccccc3)c21.Clc1nc(-c2ccc3oc4ccccc4c3c2)c2sc3ccccc3c2n1.Clc1nc(-c2cccc(-c3ccccc3)c2)c2sc3ccccc3c2n1.Clc1nc(-c2cccc3ccccc23)nc2c1oc1ccc3ccccc3c12.Clc1nc(-c2ccccc2)c2sc3ccccc3c2n1. The highest BCUT2D eigenvalue weighted by atomic mass is 35.5. The van der Waals surface area contributed by atoms with Gasteiger partial charge < -0.3 is 8.83 Å². The third-order valence-electron chi connectivity index (χ3n) is 22.1. The van der Waals surface area contributed by atoms with Crippen LogP contribution in [0.5, 0.6) is 0 Å². The fourth-order valence-corrected chi connectivity index (χ4v) is 20.9. The van der Waals surface area contributed by atoms with Gasteiger partial charge in [-0.1, -0.05) is 305 Å². The molecule has 588 valence electrons. The Bertz CT molecular complexity index is 8280. The number of nitrogens with zero attached hydrogens (tertiary/aromatic N) is 10. The zero-order valence-electron chi connectivity index (χ0n) is 65.2. The molecule has 0 spiro atoms. The second kappa shape index (κ2) is 32.3. The average molecular weight is 1740 g/mol. The number of thiophene rings is 3. The minimum Gasteiger partial charge on any atom is -0.456 e.